The predicted molar refractivity (Wildman–Crippen MR) is 76.2 cm³/mol. The van der Waals surface area contributed by atoms with Gasteiger partial charge in [0.1, 0.15) is 18.2 Å². The maximum Gasteiger partial charge on any atom is 0.124 e. The molecule has 98 valence electrons. The number of rotatable bonds is 5. The highest BCUT2D eigenvalue weighted by atomic mass is 35.5. The minimum atomic E-state index is -0.447. The van der Waals surface area contributed by atoms with Gasteiger partial charge in [-0.05, 0) is 23.8 Å². The van der Waals surface area contributed by atoms with Crippen molar-refractivity contribution < 1.29 is 9.13 Å². The summed E-state index contributed by atoms with van der Waals surface area (Å²) in [7, 11) is 0. The monoisotopic (exact) mass is 276 g/mol. The van der Waals surface area contributed by atoms with Gasteiger partial charge in [0.2, 0.25) is 0 Å². The van der Waals surface area contributed by atoms with Gasteiger partial charge in [-0.25, -0.2) is 4.39 Å². The van der Waals surface area contributed by atoms with Crippen molar-refractivity contribution in [2.75, 3.05) is 6.61 Å². The van der Waals surface area contributed by atoms with E-state index in [4.69, 9.17) is 16.3 Å². The summed E-state index contributed by atoms with van der Waals surface area (Å²) in [6.45, 7) is 4.02. The van der Waals surface area contributed by atoms with Gasteiger partial charge in [0.25, 0.3) is 0 Å². The topological polar surface area (TPSA) is 9.23 Å². The third kappa shape index (κ3) is 3.36. The second-order valence-electron chi connectivity index (χ2n) is 4.06. The SMILES string of the molecule is C=CCOc1ccccc1C(Cl)c1cccc(F)c1. The fourth-order valence-corrected chi connectivity index (χ4v) is 2.13. The summed E-state index contributed by atoms with van der Waals surface area (Å²) in [5.41, 5.74) is 1.52. The Balaban J connectivity index is 2.32. The lowest BCUT2D eigenvalue weighted by Crippen LogP contribution is -2.00. The number of para-hydroxylation sites is 1. The van der Waals surface area contributed by atoms with Crippen molar-refractivity contribution in [2.45, 2.75) is 5.38 Å². The zero-order valence-corrected chi connectivity index (χ0v) is 11.1. The molecule has 0 aliphatic rings. The Labute approximate surface area is 117 Å². The molecular weight excluding hydrogens is 263 g/mol. The van der Waals surface area contributed by atoms with E-state index in [1.165, 1.54) is 12.1 Å². The molecule has 2 rings (SSSR count). The molecule has 1 nitrogen and oxygen atoms in total. The first-order chi connectivity index (χ1) is 9.22. The molecule has 0 fully saturated rings. The first-order valence-electron chi connectivity index (χ1n) is 5.94. The van der Waals surface area contributed by atoms with Crippen LogP contribution in [0.4, 0.5) is 4.39 Å². The zero-order valence-electron chi connectivity index (χ0n) is 10.4. The highest BCUT2D eigenvalue weighted by Crippen LogP contribution is 2.35. The summed E-state index contributed by atoms with van der Waals surface area (Å²) in [5.74, 6) is 0.388. The van der Waals surface area contributed by atoms with Crippen molar-refractivity contribution in [1.82, 2.24) is 0 Å². The van der Waals surface area contributed by atoms with Gasteiger partial charge in [-0.15, -0.1) is 11.6 Å². The number of alkyl halides is 1. The standard InChI is InChI=1S/C16H14ClFO/c1-2-10-19-15-9-4-3-8-14(15)16(17)12-6-5-7-13(18)11-12/h2-9,11,16H,1,10H2. The molecule has 0 saturated heterocycles. The van der Waals surface area contributed by atoms with Crippen LogP contribution in [0.2, 0.25) is 0 Å². The largest absolute Gasteiger partial charge is 0.489 e. The van der Waals surface area contributed by atoms with Crippen LogP contribution in [0.5, 0.6) is 5.75 Å². The second-order valence-corrected chi connectivity index (χ2v) is 4.49. The highest BCUT2D eigenvalue weighted by Gasteiger charge is 2.15. The van der Waals surface area contributed by atoms with Gasteiger partial charge in [-0.2, -0.15) is 0 Å². The van der Waals surface area contributed by atoms with Gasteiger partial charge in [-0.1, -0.05) is 43.0 Å². The molecule has 0 radical (unpaired) electrons. The highest BCUT2D eigenvalue weighted by molar-refractivity contribution is 6.22. The zero-order chi connectivity index (χ0) is 13.7. The number of hydrogen-bond acceptors (Lipinski definition) is 1. The lowest BCUT2D eigenvalue weighted by molar-refractivity contribution is 0.359. The van der Waals surface area contributed by atoms with Crippen LogP contribution in [0.15, 0.2) is 61.2 Å². The van der Waals surface area contributed by atoms with E-state index in [9.17, 15) is 4.39 Å². The van der Waals surface area contributed by atoms with Gasteiger partial charge < -0.3 is 4.74 Å². The molecule has 0 aliphatic carbocycles. The van der Waals surface area contributed by atoms with Crippen LogP contribution in [0.3, 0.4) is 0 Å². The van der Waals surface area contributed by atoms with Crippen LogP contribution in [0, 0.1) is 5.82 Å². The van der Waals surface area contributed by atoms with Crippen LogP contribution in [-0.4, -0.2) is 6.61 Å². The van der Waals surface area contributed by atoms with E-state index < -0.39 is 5.38 Å². The Morgan fingerprint density at radius 3 is 2.74 bits per heavy atom. The van der Waals surface area contributed by atoms with Crippen LogP contribution in [-0.2, 0) is 0 Å². The second kappa shape index (κ2) is 6.39. The first-order valence-corrected chi connectivity index (χ1v) is 6.38. The van der Waals surface area contributed by atoms with E-state index in [0.717, 1.165) is 5.56 Å². The molecule has 0 N–H and O–H groups in total. The third-order valence-corrected chi connectivity index (χ3v) is 3.18. The minimum absolute atomic E-state index is 0.298. The summed E-state index contributed by atoms with van der Waals surface area (Å²) in [5, 5.41) is -0.447. The number of halogens is 2. The molecule has 19 heavy (non-hydrogen) atoms. The van der Waals surface area contributed by atoms with E-state index in [0.29, 0.717) is 17.9 Å². The van der Waals surface area contributed by atoms with E-state index >= 15 is 0 Å². The molecule has 2 aromatic carbocycles. The number of benzene rings is 2. The molecule has 3 heteroatoms. The summed E-state index contributed by atoms with van der Waals surface area (Å²) < 4.78 is 18.8. The van der Waals surface area contributed by atoms with Gasteiger partial charge in [0.15, 0.2) is 0 Å². The van der Waals surface area contributed by atoms with Crippen LogP contribution in [0.25, 0.3) is 0 Å². The summed E-state index contributed by atoms with van der Waals surface area (Å²) in [6.07, 6.45) is 1.67. The summed E-state index contributed by atoms with van der Waals surface area (Å²) >= 11 is 6.42. The average molecular weight is 277 g/mol. The predicted octanol–water partition coefficient (Wildman–Crippen LogP) is 4.72. The quantitative estimate of drug-likeness (QED) is 0.567. The fraction of sp³-hybridized carbons (Fsp3) is 0.125. The summed E-state index contributed by atoms with van der Waals surface area (Å²) in [4.78, 5) is 0. The third-order valence-electron chi connectivity index (χ3n) is 2.69. The van der Waals surface area contributed by atoms with Gasteiger partial charge in [-0.3, -0.25) is 0 Å². The molecule has 0 spiro atoms. The first kappa shape index (κ1) is 13.6. The van der Waals surface area contributed by atoms with Crippen molar-refractivity contribution in [3.8, 4) is 5.75 Å². The van der Waals surface area contributed by atoms with Gasteiger partial charge >= 0.3 is 0 Å². The lowest BCUT2D eigenvalue weighted by Gasteiger charge is -2.15. The minimum Gasteiger partial charge on any atom is -0.489 e. The van der Waals surface area contributed by atoms with Crippen LogP contribution in [0.1, 0.15) is 16.5 Å². The fourth-order valence-electron chi connectivity index (χ4n) is 1.81. The van der Waals surface area contributed by atoms with Crippen molar-refractivity contribution in [3.63, 3.8) is 0 Å². The molecule has 0 amide bonds. The van der Waals surface area contributed by atoms with Crippen LogP contribution < -0.4 is 4.74 Å². The van der Waals surface area contributed by atoms with Crippen molar-refractivity contribution in [2.24, 2.45) is 0 Å². The van der Waals surface area contributed by atoms with Crippen molar-refractivity contribution >= 4 is 11.6 Å². The maximum absolute atomic E-state index is 13.2. The van der Waals surface area contributed by atoms with Gasteiger partial charge in [0.05, 0.1) is 5.38 Å². The lowest BCUT2D eigenvalue weighted by atomic mass is 10.0. The summed E-state index contributed by atoms with van der Waals surface area (Å²) in [6, 6.07) is 13.7. The molecule has 0 aromatic heterocycles. The Morgan fingerprint density at radius 2 is 2.00 bits per heavy atom. The Hall–Kier alpha value is -1.80. The Kier molecular flexibility index (Phi) is 4.58. The molecular formula is C16H14ClFO. The molecule has 1 atom stereocenters. The molecule has 1 unspecified atom stereocenters. The van der Waals surface area contributed by atoms with E-state index in [1.807, 2.05) is 24.3 Å². The normalized spacial score (nSPS) is 11.9. The molecule has 2 aromatic rings. The maximum atomic E-state index is 13.2. The smallest absolute Gasteiger partial charge is 0.124 e. The Morgan fingerprint density at radius 1 is 1.21 bits per heavy atom. The number of ether oxygens (including phenoxy) is 1. The molecule has 0 bridgehead atoms. The van der Waals surface area contributed by atoms with E-state index in [1.54, 1.807) is 18.2 Å². The van der Waals surface area contributed by atoms with E-state index in [-0.39, 0.29) is 5.82 Å². The Bertz CT molecular complexity index is 568. The van der Waals surface area contributed by atoms with Crippen LogP contribution >= 0.6 is 11.6 Å². The van der Waals surface area contributed by atoms with E-state index in [2.05, 4.69) is 6.58 Å². The average Bonchev–Trinajstić information content (AvgIpc) is 2.44. The molecule has 0 heterocycles. The number of hydrogen-bond donors (Lipinski definition) is 0. The molecule has 0 saturated carbocycles. The van der Waals surface area contributed by atoms with Gasteiger partial charge in [0, 0.05) is 5.56 Å². The van der Waals surface area contributed by atoms with Crippen molar-refractivity contribution in [3.05, 3.63) is 78.1 Å². The molecule has 0 aliphatic heterocycles. The van der Waals surface area contributed by atoms with Crippen molar-refractivity contribution in [1.29, 1.82) is 0 Å².